The van der Waals surface area contributed by atoms with Crippen molar-refractivity contribution in [2.75, 3.05) is 18.0 Å². The Morgan fingerprint density at radius 3 is 2.33 bits per heavy atom. The molecule has 1 aromatic carbocycles. The summed E-state index contributed by atoms with van der Waals surface area (Å²) in [4.78, 5) is 2.06. The van der Waals surface area contributed by atoms with Gasteiger partial charge in [-0.15, -0.1) is 11.6 Å². The number of aryl methyl sites for hydroxylation is 1. The smallest absolute Gasteiger partial charge is 0.0925 e. The van der Waals surface area contributed by atoms with Gasteiger partial charge in [0.15, 0.2) is 0 Å². The molecular weight excluding hydrogens is 206 g/mol. The van der Waals surface area contributed by atoms with Gasteiger partial charge in [0, 0.05) is 12.7 Å². The predicted octanol–water partition coefficient (Wildman–Crippen LogP) is 3.93. The van der Waals surface area contributed by atoms with Crippen LogP contribution in [0.15, 0.2) is 18.2 Å². The van der Waals surface area contributed by atoms with E-state index in [1.54, 1.807) is 0 Å². The molecule has 2 heteroatoms. The third-order valence-electron chi connectivity index (χ3n) is 2.67. The summed E-state index contributed by atoms with van der Waals surface area (Å²) in [6, 6.07) is 7.12. The van der Waals surface area contributed by atoms with E-state index in [1.165, 1.54) is 16.8 Å². The molecule has 0 spiro atoms. The normalized spacial score (nSPS) is 11.6. The summed E-state index contributed by atoms with van der Waals surface area (Å²) in [5.74, 6) is 0. The highest BCUT2D eigenvalue weighted by Crippen LogP contribution is 2.28. The van der Waals surface area contributed by atoms with Crippen molar-refractivity contribution in [3.05, 3.63) is 29.3 Å². The first kappa shape index (κ1) is 12.4. The van der Waals surface area contributed by atoms with E-state index in [1.807, 2.05) is 7.05 Å². The summed E-state index contributed by atoms with van der Waals surface area (Å²) in [6.45, 7) is 8.79. The Hall–Kier alpha value is -0.690. The molecule has 0 aliphatic heterocycles. The van der Waals surface area contributed by atoms with Crippen LogP contribution in [-0.2, 0) is 5.41 Å². The zero-order valence-electron chi connectivity index (χ0n) is 10.3. The van der Waals surface area contributed by atoms with Gasteiger partial charge in [0.1, 0.15) is 0 Å². The molecule has 0 atom stereocenters. The fraction of sp³-hybridized carbons (Fsp3) is 0.538. The van der Waals surface area contributed by atoms with Crippen LogP contribution >= 0.6 is 11.6 Å². The minimum atomic E-state index is 0.190. The summed E-state index contributed by atoms with van der Waals surface area (Å²) in [6.07, 6.45) is 0. The Bertz CT molecular complexity index is 339. The molecule has 0 aliphatic carbocycles. The lowest BCUT2D eigenvalue weighted by atomic mass is 9.86. The number of anilines is 1. The molecule has 1 nitrogen and oxygen atoms in total. The van der Waals surface area contributed by atoms with Crippen molar-refractivity contribution in [1.82, 2.24) is 0 Å². The standard InChI is InChI=1S/C13H20ClN/c1-10-6-7-11(13(2,3)4)8-12(10)15(5)9-14/h6-8H,9H2,1-5H3. The number of rotatable bonds is 2. The molecule has 1 rings (SSSR count). The number of hydrogen-bond acceptors (Lipinski definition) is 1. The summed E-state index contributed by atoms with van der Waals surface area (Å²) in [7, 11) is 2.02. The molecule has 15 heavy (non-hydrogen) atoms. The Morgan fingerprint density at radius 2 is 1.87 bits per heavy atom. The maximum atomic E-state index is 5.85. The van der Waals surface area contributed by atoms with Gasteiger partial charge in [0.05, 0.1) is 6.00 Å². The first-order valence-electron chi connectivity index (χ1n) is 5.24. The van der Waals surface area contributed by atoms with Crippen molar-refractivity contribution in [1.29, 1.82) is 0 Å². The van der Waals surface area contributed by atoms with Crippen LogP contribution in [0.25, 0.3) is 0 Å². The van der Waals surface area contributed by atoms with Gasteiger partial charge in [-0.25, -0.2) is 0 Å². The van der Waals surface area contributed by atoms with Crippen molar-refractivity contribution in [2.45, 2.75) is 33.1 Å². The van der Waals surface area contributed by atoms with Crippen LogP contribution in [0.2, 0.25) is 0 Å². The lowest BCUT2D eigenvalue weighted by Gasteiger charge is -2.24. The third kappa shape index (κ3) is 2.88. The molecule has 0 aliphatic rings. The summed E-state index contributed by atoms with van der Waals surface area (Å²) in [5.41, 5.74) is 4.03. The molecule has 0 bridgehead atoms. The molecule has 0 unspecified atom stereocenters. The van der Waals surface area contributed by atoms with E-state index in [9.17, 15) is 0 Å². The van der Waals surface area contributed by atoms with E-state index in [2.05, 4.69) is 50.8 Å². The van der Waals surface area contributed by atoms with Crippen LogP contribution in [0.5, 0.6) is 0 Å². The van der Waals surface area contributed by atoms with Gasteiger partial charge in [-0.3, -0.25) is 0 Å². The number of hydrogen-bond donors (Lipinski definition) is 0. The predicted molar refractivity (Wildman–Crippen MR) is 69.0 cm³/mol. The van der Waals surface area contributed by atoms with Crippen LogP contribution < -0.4 is 4.90 Å². The van der Waals surface area contributed by atoms with E-state index < -0.39 is 0 Å². The van der Waals surface area contributed by atoms with Crippen molar-refractivity contribution >= 4 is 17.3 Å². The minimum absolute atomic E-state index is 0.190. The van der Waals surface area contributed by atoms with Gasteiger partial charge in [0.2, 0.25) is 0 Å². The number of nitrogens with zero attached hydrogens (tertiary/aromatic N) is 1. The molecule has 0 heterocycles. The number of alkyl halides is 1. The van der Waals surface area contributed by atoms with Gasteiger partial charge in [-0.2, -0.15) is 0 Å². The second kappa shape index (κ2) is 4.44. The highest BCUT2D eigenvalue weighted by atomic mass is 35.5. The maximum absolute atomic E-state index is 5.85. The summed E-state index contributed by atoms with van der Waals surface area (Å²) >= 11 is 5.85. The number of halogens is 1. The monoisotopic (exact) mass is 225 g/mol. The maximum Gasteiger partial charge on any atom is 0.0925 e. The quantitative estimate of drug-likeness (QED) is 0.545. The average molecular weight is 226 g/mol. The molecule has 84 valence electrons. The van der Waals surface area contributed by atoms with Gasteiger partial charge in [-0.05, 0) is 29.5 Å². The second-order valence-corrected chi connectivity index (χ2v) is 5.31. The van der Waals surface area contributed by atoms with E-state index in [0.29, 0.717) is 6.00 Å². The van der Waals surface area contributed by atoms with Crippen LogP contribution in [-0.4, -0.2) is 13.1 Å². The first-order valence-corrected chi connectivity index (χ1v) is 5.78. The largest absolute Gasteiger partial charge is 0.361 e. The molecule has 0 saturated heterocycles. The van der Waals surface area contributed by atoms with E-state index in [-0.39, 0.29) is 5.41 Å². The molecule has 1 aromatic rings. The number of benzene rings is 1. The van der Waals surface area contributed by atoms with Gasteiger partial charge in [-0.1, -0.05) is 32.9 Å². The van der Waals surface area contributed by atoms with E-state index in [4.69, 9.17) is 11.6 Å². The highest BCUT2D eigenvalue weighted by molar-refractivity contribution is 6.19. The van der Waals surface area contributed by atoms with Crippen LogP contribution in [0.1, 0.15) is 31.9 Å². The molecular formula is C13H20ClN. The summed E-state index contributed by atoms with van der Waals surface area (Å²) < 4.78 is 0. The molecule has 0 aromatic heterocycles. The van der Waals surface area contributed by atoms with Crippen LogP contribution in [0.4, 0.5) is 5.69 Å². The second-order valence-electron chi connectivity index (χ2n) is 5.07. The van der Waals surface area contributed by atoms with Gasteiger partial charge in [0.25, 0.3) is 0 Å². The zero-order valence-corrected chi connectivity index (χ0v) is 11.0. The highest BCUT2D eigenvalue weighted by Gasteiger charge is 2.15. The lowest BCUT2D eigenvalue weighted by Crippen LogP contribution is -2.18. The Kier molecular flexibility index (Phi) is 3.67. The lowest BCUT2D eigenvalue weighted by molar-refractivity contribution is 0.590. The summed E-state index contributed by atoms with van der Waals surface area (Å²) in [5, 5.41) is 0. The van der Waals surface area contributed by atoms with Crippen LogP contribution in [0.3, 0.4) is 0 Å². The van der Waals surface area contributed by atoms with E-state index in [0.717, 1.165) is 0 Å². The molecule has 0 N–H and O–H groups in total. The van der Waals surface area contributed by atoms with Gasteiger partial charge >= 0.3 is 0 Å². The Morgan fingerprint density at radius 1 is 1.27 bits per heavy atom. The van der Waals surface area contributed by atoms with Gasteiger partial charge < -0.3 is 4.90 Å². The van der Waals surface area contributed by atoms with Crippen molar-refractivity contribution in [2.24, 2.45) is 0 Å². The SMILES string of the molecule is Cc1ccc(C(C)(C)C)cc1N(C)CCl. The Balaban J connectivity index is 3.17. The van der Waals surface area contributed by atoms with Crippen molar-refractivity contribution in [3.8, 4) is 0 Å². The molecule has 0 amide bonds. The molecule has 0 saturated carbocycles. The average Bonchev–Trinajstić information content (AvgIpc) is 2.15. The molecule has 0 radical (unpaired) electrons. The minimum Gasteiger partial charge on any atom is -0.361 e. The van der Waals surface area contributed by atoms with E-state index >= 15 is 0 Å². The van der Waals surface area contributed by atoms with Crippen molar-refractivity contribution < 1.29 is 0 Å². The first-order chi connectivity index (χ1) is 6.86. The third-order valence-corrected chi connectivity index (χ3v) is 3.02. The fourth-order valence-corrected chi connectivity index (χ4v) is 1.68. The fourth-order valence-electron chi connectivity index (χ4n) is 1.55. The van der Waals surface area contributed by atoms with Crippen LogP contribution in [0, 0.1) is 6.92 Å². The molecule has 0 fully saturated rings. The van der Waals surface area contributed by atoms with Crippen molar-refractivity contribution in [3.63, 3.8) is 0 Å². The Labute approximate surface area is 98.0 Å². The zero-order chi connectivity index (χ0) is 11.6. The topological polar surface area (TPSA) is 3.24 Å².